The maximum absolute atomic E-state index is 2.33. The van der Waals surface area contributed by atoms with Crippen LogP contribution < -0.4 is 0 Å². The molecule has 0 bridgehead atoms. The number of allylic oxidation sites excluding steroid dienone is 1. The van der Waals surface area contributed by atoms with Crippen molar-refractivity contribution in [3.63, 3.8) is 0 Å². The Labute approximate surface area is 133 Å². The van der Waals surface area contributed by atoms with Crippen LogP contribution in [0, 0.1) is 0 Å². The Morgan fingerprint density at radius 2 is 1.59 bits per heavy atom. The fourth-order valence-electron chi connectivity index (χ4n) is 3.11. The van der Waals surface area contributed by atoms with E-state index in [0.29, 0.717) is 0 Å². The molecule has 0 aliphatic rings. The molecule has 0 aliphatic heterocycles. The van der Waals surface area contributed by atoms with E-state index in [1.54, 1.807) is 0 Å². The quantitative estimate of drug-likeness (QED) is 0.339. The SMILES string of the molecule is CCCCCCC=Cc1cccc2c1ccc1ccccc12. The Balaban J connectivity index is 1.87. The molecule has 22 heavy (non-hydrogen) atoms. The van der Waals surface area contributed by atoms with Crippen LogP contribution in [0.25, 0.3) is 27.6 Å². The van der Waals surface area contributed by atoms with Crippen LogP contribution in [0.4, 0.5) is 0 Å². The van der Waals surface area contributed by atoms with Crippen molar-refractivity contribution in [2.45, 2.75) is 39.0 Å². The van der Waals surface area contributed by atoms with Crippen LogP contribution in [0.15, 0.2) is 60.7 Å². The molecular weight excluding hydrogens is 264 g/mol. The normalized spacial score (nSPS) is 11.7. The highest BCUT2D eigenvalue weighted by Crippen LogP contribution is 2.28. The molecule has 3 rings (SSSR count). The number of fused-ring (bicyclic) bond motifs is 3. The molecule has 0 nitrogen and oxygen atoms in total. The van der Waals surface area contributed by atoms with E-state index in [-0.39, 0.29) is 0 Å². The standard InChI is InChI=1S/C22H24/c1-2-3-4-5-6-7-11-18-13-10-15-22-20-14-9-8-12-19(20)16-17-21(18)22/h7-17H,2-6H2,1H3. The monoisotopic (exact) mass is 288 g/mol. The second-order valence-electron chi connectivity index (χ2n) is 5.98. The van der Waals surface area contributed by atoms with Crippen LogP contribution in [-0.2, 0) is 0 Å². The van der Waals surface area contributed by atoms with E-state index in [4.69, 9.17) is 0 Å². The van der Waals surface area contributed by atoms with Gasteiger partial charge in [-0.1, -0.05) is 92.9 Å². The maximum Gasteiger partial charge on any atom is -0.00994 e. The highest BCUT2D eigenvalue weighted by atomic mass is 14.1. The summed E-state index contributed by atoms with van der Waals surface area (Å²) in [6.45, 7) is 2.26. The third-order valence-corrected chi connectivity index (χ3v) is 4.34. The third kappa shape index (κ3) is 3.22. The molecule has 0 aliphatic carbocycles. The van der Waals surface area contributed by atoms with E-state index in [0.717, 1.165) is 0 Å². The van der Waals surface area contributed by atoms with Crippen LogP contribution in [0.2, 0.25) is 0 Å². The van der Waals surface area contributed by atoms with E-state index < -0.39 is 0 Å². The summed E-state index contributed by atoms with van der Waals surface area (Å²) >= 11 is 0. The Hall–Kier alpha value is -2.08. The Morgan fingerprint density at radius 3 is 2.50 bits per heavy atom. The zero-order valence-electron chi connectivity index (χ0n) is 13.4. The van der Waals surface area contributed by atoms with Crippen LogP contribution >= 0.6 is 0 Å². The minimum Gasteiger partial charge on any atom is -0.0839 e. The van der Waals surface area contributed by atoms with Gasteiger partial charge in [-0.15, -0.1) is 0 Å². The summed E-state index contributed by atoms with van der Waals surface area (Å²) in [6.07, 6.45) is 11.1. The third-order valence-electron chi connectivity index (χ3n) is 4.34. The number of benzene rings is 3. The van der Waals surface area contributed by atoms with Gasteiger partial charge in [0.05, 0.1) is 0 Å². The van der Waals surface area contributed by atoms with Gasteiger partial charge in [0.15, 0.2) is 0 Å². The predicted molar refractivity (Wildman–Crippen MR) is 99.2 cm³/mol. The molecule has 0 spiro atoms. The van der Waals surface area contributed by atoms with Gasteiger partial charge in [-0.2, -0.15) is 0 Å². The fraction of sp³-hybridized carbons (Fsp3) is 0.273. The van der Waals surface area contributed by atoms with Crippen molar-refractivity contribution in [2.24, 2.45) is 0 Å². The molecule has 0 saturated carbocycles. The molecule has 0 heteroatoms. The smallest absolute Gasteiger partial charge is 0.00994 e. The molecule has 0 radical (unpaired) electrons. The van der Waals surface area contributed by atoms with Crippen molar-refractivity contribution in [1.82, 2.24) is 0 Å². The van der Waals surface area contributed by atoms with Crippen LogP contribution in [0.3, 0.4) is 0 Å². The van der Waals surface area contributed by atoms with E-state index in [2.05, 4.69) is 73.7 Å². The summed E-state index contributed by atoms with van der Waals surface area (Å²) in [4.78, 5) is 0. The molecule has 112 valence electrons. The lowest BCUT2D eigenvalue weighted by Gasteiger charge is -2.06. The first kappa shape index (κ1) is 14.8. The molecule has 0 unspecified atom stereocenters. The molecule has 0 fully saturated rings. The first-order valence-corrected chi connectivity index (χ1v) is 8.47. The predicted octanol–water partition coefficient (Wildman–Crippen LogP) is 6.98. The minimum absolute atomic E-state index is 1.18. The van der Waals surface area contributed by atoms with Gasteiger partial charge in [0, 0.05) is 0 Å². The van der Waals surface area contributed by atoms with Gasteiger partial charge in [-0.05, 0) is 39.9 Å². The summed E-state index contributed by atoms with van der Waals surface area (Å²) in [7, 11) is 0. The molecule has 3 aromatic carbocycles. The number of hydrogen-bond acceptors (Lipinski definition) is 0. The van der Waals surface area contributed by atoms with Crippen molar-refractivity contribution in [1.29, 1.82) is 0 Å². The summed E-state index contributed by atoms with van der Waals surface area (Å²) in [5.41, 5.74) is 1.33. The lowest BCUT2D eigenvalue weighted by molar-refractivity contribution is 0.675. The molecule has 0 amide bonds. The topological polar surface area (TPSA) is 0 Å². The molecule has 0 N–H and O–H groups in total. The van der Waals surface area contributed by atoms with Gasteiger partial charge < -0.3 is 0 Å². The number of unbranched alkanes of at least 4 members (excludes halogenated alkanes) is 4. The molecule has 0 saturated heterocycles. The molecule has 3 aromatic rings. The molecular formula is C22H24. The van der Waals surface area contributed by atoms with Crippen LogP contribution in [0.1, 0.15) is 44.6 Å². The Bertz CT molecular complexity index is 780. The maximum atomic E-state index is 2.33. The summed E-state index contributed by atoms with van der Waals surface area (Å²) in [5, 5.41) is 5.37. The van der Waals surface area contributed by atoms with Gasteiger partial charge in [-0.3, -0.25) is 0 Å². The van der Waals surface area contributed by atoms with E-state index in [1.165, 1.54) is 59.2 Å². The van der Waals surface area contributed by atoms with Crippen molar-refractivity contribution < 1.29 is 0 Å². The van der Waals surface area contributed by atoms with Crippen LogP contribution in [0.5, 0.6) is 0 Å². The van der Waals surface area contributed by atoms with Crippen LogP contribution in [-0.4, -0.2) is 0 Å². The average Bonchev–Trinajstić information content (AvgIpc) is 2.58. The van der Waals surface area contributed by atoms with E-state index in [9.17, 15) is 0 Å². The van der Waals surface area contributed by atoms with E-state index >= 15 is 0 Å². The Morgan fingerprint density at radius 1 is 0.727 bits per heavy atom. The first-order valence-electron chi connectivity index (χ1n) is 8.47. The fourth-order valence-corrected chi connectivity index (χ4v) is 3.11. The van der Waals surface area contributed by atoms with Crippen molar-refractivity contribution >= 4 is 27.6 Å². The minimum atomic E-state index is 1.18. The molecule has 0 heterocycles. The van der Waals surface area contributed by atoms with Crippen molar-refractivity contribution in [2.75, 3.05) is 0 Å². The molecule has 0 atom stereocenters. The van der Waals surface area contributed by atoms with Gasteiger partial charge in [-0.25, -0.2) is 0 Å². The zero-order valence-corrected chi connectivity index (χ0v) is 13.4. The van der Waals surface area contributed by atoms with Gasteiger partial charge >= 0.3 is 0 Å². The van der Waals surface area contributed by atoms with Gasteiger partial charge in [0.25, 0.3) is 0 Å². The number of hydrogen-bond donors (Lipinski definition) is 0. The first-order chi connectivity index (χ1) is 10.9. The van der Waals surface area contributed by atoms with Crippen molar-refractivity contribution in [3.8, 4) is 0 Å². The molecule has 0 aromatic heterocycles. The lowest BCUT2D eigenvalue weighted by Crippen LogP contribution is -1.81. The Kier molecular flexibility index (Phi) is 4.90. The largest absolute Gasteiger partial charge is 0.0839 e. The van der Waals surface area contributed by atoms with E-state index in [1.807, 2.05) is 0 Å². The zero-order chi connectivity index (χ0) is 15.2. The average molecular weight is 288 g/mol. The highest BCUT2D eigenvalue weighted by molar-refractivity contribution is 6.09. The highest BCUT2D eigenvalue weighted by Gasteiger charge is 2.02. The second kappa shape index (κ2) is 7.26. The summed E-state index contributed by atoms with van der Waals surface area (Å²) in [6, 6.07) is 19.7. The van der Waals surface area contributed by atoms with Gasteiger partial charge in [0.2, 0.25) is 0 Å². The van der Waals surface area contributed by atoms with Crippen molar-refractivity contribution in [3.05, 3.63) is 66.2 Å². The second-order valence-corrected chi connectivity index (χ2v) is 5.98. The number of rotatable bonds is 6. The van der Waals surface area contributed by atoms with Gasteiger partial charge in [0.1, 0.15) is 0 Å². The summed E-state index contributed by atoms with van der Waals surface area (Å²) < 4.78 is 0. The lowest BCUT2D eigenvalue weighted by atomic mass is 9.98. The summed E-state index contributed by atoms with van der Waals surface area (Å²) in [5.74, 6) is 0.